The number of phenols is 1. The smallest absolute Gasteiger partial charge is 0.329 e. The highest BCUT2D eigenvalue weighted by atomic mass is 35.5. The standard InChI is InChI=1S/C15H19ClFNO4/c16-12-5-11(15(21)13(17)6-12)7-18-3-1-10(2-4-18)8-22-9-14(19)20/h5-6,10,21H,1-4,7-9H2,(H,19,20). The fraction of sp³-hybridized carbons (Fsp3) is 0.533. The Balaban J connectivity index is 1.81. The van der Waals surface area contributed by atoms with Crippen LogP contribution in [0.4, 0.5) is 4.39 Å². The number of phenolic OH excluding ortho intramolecular Hbond substituents is 1. The lowest BCUT2D eigenvalue weighted by Crippen LogP contribution is -2.35. The minimum Gasteiger partial charge on any atom is -0.505 e. The van der Waals surface area contributed by atoms with E-state index in [1.165, 1.54) is 0 Å². The van der Waals surface area contributed by atoms with Crippen LogP contribution in [0.1, 0.15) is 18.4 Å². The molecule has 7 heteroatoms. The molecule has 5 nitrogen and oxygen atoms in total. The molecule has 0 atom stereocenters. The zero-order valence-corrected chi connectivity index (χ0v) is 12.9. The molecule has 0 spiro atoms. The molecule has 1 saturated heterocycles. The van der Waals surface area contributed by atoms with Gasteiger partial charge in [0.25, 0.3) is 0 Å². The third-order valence-corrected chi connectivity index (χ3v) is 4.01. The summed E-state index contributed by atoms with van der Waals surface area (Å²) in [6.07, 6.45) is 1.76. The zero-order chi connectivity index (χ0) is 16.1. The predicted octanol–water partition coefficient (Wildman–Crippen LogP) is 2.50. The second kappa shape index (κ2) is 7.76. The quantitative estimate of drug-likeness (QED) is 0.838. The van der Waals surface area contributed by atoms with Crippen LogP contribution in [0, 0.1) is 11.7 Å². The minimum absolute atomic E-state index is 0.266. The number of piperidine rings is 1. The van der Waals surface area contributed by atoms with E-state index >= 15 is 0 Å². The molecule has 1 aliphatic heterocycles. The Morgan fingerprint density at radius 1 is 1.41 bits per heavy atom. The Morgan fingerprint density at radius 2 is 2.09 bits per heavy atom. The van der Waals surface area contributed by atoms with Gasteiger partial charge >= 0.3 is 5.97 Å². The topological polar surface area (TPSA) is 70.0 Å². The Kier molecular flexibility index (Phi) is 5.99. The first kappa shape index (κ1) is 17.0. The molecule has 1 aromatic carbocycles. The van der Waals surface area contributed by atoms with Crippen molar-refractivity contribution in [1.82, 2.24) is 4.90 Å². The van der Waals surface area contributed by atoms with Crippen LogP contribution in [0.3, 0.4) is 0 Å². The van der Waals surface area contributed by atoms with E-state index in [0.717, 1.165) is 32.0 Å². The van der Waals surface area contributed by atoms with E-state index in [0.29, 0.717) is 24.6 Å². The molecule has 1 aromatic rings. The first-order chi connectivity index (χ1) is 10.5. The number of rotatable bonds is 6. The van der Waals surface area contributed by atoms with Crippen molar-refractivity contribution in [1.29, 1.82) is 0 Å². The van der Waals surface area contributed by atoms with Crippen LogP contribution in [0.25, 0.3) is 0 Å². The Hall–Kier alpha value is -1.37. The van der Waals surface area contributed by atoms with Gasteiger partial charge in [0.1, 0.15) is 6.61 Å². The summed E-state index contributed by atoms with van der Waals surface area (Å²) in [5.41, 5.74) is 0.477. The molecule has 2 N–H and O–H groups in total. The van der Waals surface area contributed by atoms with Crippen LogP contribution in [-0.2, 0) is 16.1 Å². The number of ether oxygens (including phenoxy) is 1. The molecule has 122 valence electrons. The van der Waals surface area contributed by atoms with Gasteiger partial charge < -0.3 is 14.9 Å². The van der Waals surface area contributed by atoms with Crippen LogP contribution < -0.4 is 0 Å². The summed E-state index contributed by atoms with van der Waals surface area (Å²) in [4.78, 5) is 12.5. The van der Waals surface area contributed by atoms with E-state index in [-0.39, 0.29) is 17.4 Å². The van der Waals surface area contributed by atoms with Crippen molar-refractivity contribution in [3.63, 3.8) is 0 Å². The number of hydrogen-bond donors (Lipinski definition) is 2. The Morgan fingerprint density at radius 3 is 2.73 bits per heavy atom. The van der Waals surface area contributed by atoms with E-state index < -0.39 is 11.8 Å². The number of benzene rings is 1. The van der Waals surface area contributed by atoms with Crippen molar-refractivity contribution in [3.8, 4) is 5.75 Å². The van der Waals surface area contributed by atoms with Crippen molar-refractivity contribution < 1.29 is 24.1 Å². The summed E-state index contributed by atoms with van der Waals surface area (Å²) in [7, 11) is 0. The summed E-state index contributed by atoms with van der Waals surface area (Å²) in [5.74, 6) is -1.69. The Bertz CT molecular complexity index is 533. The lowest BCUT2D eigenvalue weighted by molar-refractivity contribution is -0.142. The number of carboxylic acid groups (broad SMARTS) is 1. The third kappa shape index (κ3) is 4.83. The predicted molar refractivity (Wildman–Crippen MR) is 79.5 cm³/mol. The molecule has 0 radical (unpaired) electrons. The van der Waals surface area contributed by atoms with Gasteiger partial charge in [-0.05, 0) is 44.0 Å². The van der Waals surface area contributed by atoms with Crippen molar-refractivity contribution in [2.45, 2.75) is 19.4 Å². The highest BCUT2D eigenvalue weighted by Gasteiger charge is 2.21. The van der Waals surface area contributed by atoms with E-state index in [1.807, 2.05) is 0 Å². The number of carboxylic acids is 1. The molecule has 1 aliphatic rings. The molecule has 0 bridgehead atoms. The summed E-state index contributed by atoms with van der Waals surface area (Å²) in [6, 6.07) is 2.66. The van der Waals surface area contributed by atoms with Crippen molar-refractivity contribution in [2.24, 2.45) is 5.92 Å². The molecule has 0 amide bonds. The van der Waals surface area contributed by atoms with E-state index in [1.54, 1.807) is 6.07 Å². The number of nitrogens with zero attached hydrogens (tertiary/aromatic N) is 1. The van der Waals surface area contributed by atoms with Gasteiger partial charge in [-0.1, -0.05) is 11.6 Å². The summed E-state index contributed by atoms with van der Waals surface area (Å²) in [5, 5.41) is 18.5. The average Bonchev–Trinajstić information content (AvgIpc) is 2.45. The van der Waals surface area contributed by atoms with Gasteiger partial charge in [0.05, 0.1) is 6.61 Å². The van der Waals surface area contributed by atoms with Crippen LogP contribution in [0.2, 0.25) is 5.02 Å². The van der Waals surface area contributed by atoms with Gasteiger partial charge in [-0.2, -0.15) is 0 Å². The summed E-state index contributed by atoms with van der Waals surface area (Å²) in [6.45, 7) is 2.18. The maximum atomic E-state index is 13.4. The number of carbonyl (C=O) groups is 1. The van der Waals surface area contributed by atoms with Gasteiger partial charge in [-0.15, -0.1) is 0 Å². The first-order valence-electron chi connectivity index (χ1n) is 7.14. The number of likely N-dealkylation sites (tertiary alicyclic amines) is 1. The molecular formula is C15H19ClFNO4. The molecular weight excluding hydrogens is 313 g/mol. The molecule has 1 fully saturated rings. The Labute approximate surface area is 133 Å². The highest BCUT2D eigenvalue weighted by molar-refractivity contribution is 6.30. The fourth-order valence-corrected chi connectivity index (χ4v) is 2.83. The van der Waals surface area contributed by atoms with Gasteiger partial charge in [-0.25, -0.2) is 9.18 Å². The largest absolute Gasteiger partial charge is 0.505 e. The van der Waals surface area contributed by atoms with Gasteiger partial charge in [0.2, 0.25) is 0 Å². The molecule has 0 aromatic heterocycles. The maximum Gasteiger partial charge on any atom is 0.329 e. The normalized spacial score (nSPS) is 16.8. The van der Waals surface area contributed by atoms with Crippen molar-refractivity contribution >= 4 is 17.6 Å². The van der Waals surface area contributed by atoms with Gasteiger partial charge in [-0.3, -0.25) is 4.90 Å². The number of aliphatic carboxylic acids is 1. The molecule has 1 heterocycles. The van der Waals surface area contributed by atoms with E-state index in [2.05, 4.69) is 4.90 Å². The zero-order valence-electron chi connectivity index (χ0n) is 12.1. The maximum absolute atomic E-state index is 13.4. The number of hydrogen-bond acceptors (Lipinski definition) is 4. The molecule has 22 heavy (non-hydrogen) atoms. The van der Waals surface area contributed by atoms with Gasteiger partial charge in [0, 0.05) is 17.1 Å². The lowest BCUT2D eigenvalue weighted by Gasteiger charge is -2.31. The second-order valence-electron chi connectivity index (χ2n) is 5.52. The molecule has 2 rings (SSSR count). The molecule has 0 saturated carbocycles. The molecule has 0 unspecified atom stereocenters. The van der Waals surface area contributed by atoms with Crippen LogP contribution in [-0.4, -0.2) is 47.4 Å². The average molecular weight is 332 g/mol. The fourth-order valence-electron chi connectivity index (χ4n) is 2.60. The van der Waals surface area contributed by atoms with E-state index in [9.17, 15) is 14.3 Å². The summed E-state index contributed by atoms with van der Waals surface area (Å²) >= 11 is 5.81. The van der Waals surface area contributed by atoms with Crippen LogP contribution in [0.5, 0.6) is 5.75 Å². The van der Waals surface area contributed by atoms with Crippen LogP contribution >= 0.6 is 11.6 Å². The van der Waals surface area contributed by atoms with Crippen molar-refractivity contribution in [2.75, 3.05) is 26.3 Å². The summed E-state index contributed by atoms with van der Waals surface area (Å²) < 4.78 is 18.6. The molecule has 0 aliphatic carbocycles. The monoisotopic (exact) mass is 331 g/mol. The number of halogens is 2. The second-order valence-corrected chi connectivity index (χ2v) is 5.96. The first-order valence-corrected chi connectivity index (χ1v) is 7.52. The third-order valence-electron chi connectivity index (χ3n) is 3.79. The lowest BCUT2D eigenvalue weighted by atomic mass is 9.97. The minimum atomic E-state index is -0.962. The van der Waals surface area contributed by atoms with E-state index in [4.69, 9.17) is 21.4 Å². The van der Waals surface area contributed by atoms with Crippen LogP contribution in [0.15, 0.2) is 12.1 Å². The van der Waals surface area contributed by atoms with Gasteiger partial charge in [0.15, 0.2) is 11.6 Å². The van der Waals surface area contributed by atoms with Crippen molar-refractivity contribution in [3.05, 3.63) is 28.5 Å². The SMILES string of the molecule is O=C(O)COCC1CCN(Cc2cc(Cl)cc(F)c2O)CC1. The number of aromatic hydroxyl groups is 1. The highest BCUT2D eigenvalue weighted by Crippen LogP contribution is 2.28.